The van der Waals surface area contributed by atoms with Crippen molar-refractivity contribution < 1.29 is 40.5 Å². The number of aryl methyl sites for hydroxylation is 2. The van der Waals surface area contributed by atoms with E-state index in [4.69, 9.17) is 18.9 Å². The van der Waals surface area contributed by atoms with Gasteiger partial charge in [0.25, 0.3) is 0 Å². The minimum Gasteiger partial charge on any atom is -1.00 e. The second-order valence-electron chi connectivity index (χ2n) is 7.72. The van der Waals surface area contributed by atoms with Crippen molar-refractivity contribution in [3.63, 3.8) is 0 Å². The van der Waals surface area contributed by atoms with E-state index in [2.05, 4.69) is 39.9 Å². The molecule has 0 N–H and O–H groups in total. The Labute approximate surface area is 186 Å². The maximum Gasteiger partial charge on any atom is 0.231 e. The molecular formula is C23H25BrN2O4. The fourth-order valence-corrected chi connectivity index (χ4v) is 4.04. The molecule has 3 heterocycles. The lowest BCUT2D eigenvalue weighted by molar-refractivity contribution is -0.686. The van der Waals surface area contributed by atoms with Gasteiger partial charge in [-0.15, -0.1) is 0 Å². The summed E-state index contributed by atoms with van der Waals surface area (Å²) >= 11 is 0. The lowest BCUT2D eigenvalue weighted by Gasteiger charge is -2.18. The normalized spacial score (nSPS) is 13.6. The predicted molar refractivity (Wildman–Crippen MR) is 110 cm³/mol. The van der Waals surface area contributed by atoms with Crippen molar-refractivity contribution in [1.82, 2.24) is 4.90 Å². The van der Waals surface area contributed by atoms with Crippen LogP contribution in [0.25, 0.3) is 22.0 Å². The van der Waals surface area contributed by atoms with Gasteiger partial charge in [0.2, 0.25) is 12.5 Å². The smallest absolute Gasteiger partial charge is 0.231 e. The van der Waals surface area contributed by atoms with Gasteiger partial charge in [0.15, 0.2) is 35.7 Å². The summed E-state index contributed by atoms with van der Waals surface area (Å²) in [5, 5.41) is 2.19. The number of methoxy groups -OCH3 is 1. The molecule has 0 spiro atoms. The Balaban J connectivity index is 0.00000218. The van der Waals surface area contributed by atoms with Crippen LogP contribution in [-0.4, -0.2) is 46.0 Å². The summed E-state index contributed by atoms with van der Waals surface area (Å²) < 4.78 is 25.2. The average molecular weight is 473 g/mol. The number of pyridine rings is 1. The van der Waals surface area contributed by atoms with Crippen molar-refractivity contribution in [2.75, 3.05) is 41.1 Å². The first-order valence-electron chi connectivity index (χ1n) is 9.88. The highest BCUT2D eigenvalue weighted by molar-refractivity contribution is 5.91. The largest absolute Gasteiger partial charge is 1.00 e. The predicted octanol–water partition coefficient (Wildman–Crippen LogP) is 0.0321. The van der Waals surface area contributed by atoms with Gasteiger partial charge in [0.1, 0.15) is 6.61 Å². The number of rotatable bonds is 5. The Morgan fingerprint density at radius 3 is 2.67 bits per heavy atom. The molecule has 2 aliphatic heterocycles. The number of hydrogen-bond donors (Lipinski definition) is 0. The number of fused-ring (bicyclic) bond motifs is 5. The molecule has 158 valence electrons. The van der Waals surface area contributed by atoms with E-state index in [9.17, 15) is 0 Å². The minimum absolute atomic E-state index is 0. The van der Waals surface area contributed by atoms with E-state index in [-0.39, 0.29) is 17.0 Å². The first kappa shape index (κ1) is 20.8. The quantitative estimate of drug-likeness (QED) is 0.490. The monoisotopic (exact) mass is 472 g/mol. The third-order valence-electron chi connectivity index (χ3n) is 5.58. The molecule has 0 unspecified atom stereocenters. The van der Waals surface area contributed by atoms with E-state index < -0.39 is 0 Å². The van der Waals surface area contributed by atoms with Gasteiger partial charge in [0.05, 0.1) is 18.1 Å². The second kappa shape index (κ2) is 8.32. The Hall–Kier alpha value is -2.51. The van der Waals surface area contributed by atoms with Gasteiger partial charge in [-0.3, -0.25) is 0 Å². The topological polar surface area (TPSA) is 44.0 Å². The number of ether oxygens (including phenoxy) is 4. The molecule has 30 heavy (non-hydrogen) atoms. The first-order chi connectivity index (χ1) is 14.1. The van der Waals surface area contributed by atoms with Crippen molar-refractivity contribution in [2.45, 2.75) is 13.0 Å². The van der Waals surface area contributed by atoms with Gasteiger partial charge in [-0.2, -0.15) is 4.57 Å². The Morgan fingerprint density at radius 2 is 1.90 bits per heavy atom. The molecule has 0 amide bonds. The van der Waals surface area contributed by atoms with E-state index >= 15 is 0 Å². The molecule has 2 aliphatic rings. The summed E-state index contributed by atoms with van der Waals surface area (Å²) in [6.45, 7) is 2.66. The molecule has 5 rings (SSSR count). The molecule has 0 bridgehead atoms. The Kier molecular flexibility index (Phi) is 5.75. The minimum atomic E-state index is 0. The number of nitrogens with zero attached hydrogens (tertiary/aromatic N) is 2. The SMILES string of the molecule is COc1ccc2cc3[n+](cc2c1OCCN(C)C)CCc1cc2c(cc1-3)OCO2.[Br-]. The van der Waals surface area contributed by atoms with Crippen LogP contribution in [0.3, 0.4) is 0 Å². The van der Waals surface area contributed by atoms with E-state index in [1.807, 2.05) is 20.2 Å². The third-order valence-corrected chi connectivity index (χ3v) is 5.58. The Bertz CT molecular complexity index is 1100. The van der Waals surface area contributed by atoms with Crippen LogP contribution in [0.1, 0.15) is 5.56 Å². The maximum atomic E-state index is 6.16. The van der Waals surface area contributed by atoms with Crippen molar-refractivity contribution in [1.29, 1.82) is 0 Å². The highest BCUT2D eigenvalue weighted by Gasteiger charge is 2.28. The summed E-state index contributed by atoms with van der Waals surface area (Å²) in [7, 11) is 5.77. The van der Waals surface area contributed by atoms with Crippen molar-refractivity contribution in [2.24, 2.45) is 0 Å². The first-order valence-corrected chi connectivity index (χ1v) is 9.88. The summed E-state index contributed by atoms with van der Waals surface area (Å²) in [4.78, 5) is 2.11. The van der Waals surface area contributed by atoms with E-state index in [0.29, 0.717) is 13.4 Å². The van der Waals surface area contributed by atoms with Gasteiger partial charge < -0.3 is 40.8 Å². The number of aromatic nitrogens is 1. The zero-order chi connectivity index (χ0) is 20.0. The highest BCUT2D eigenvalue weighted by atomic mass is 79.9. The molecule has 0 aliphatic carbocycles. The number of hydrogen-bond acceptors (Lipinski definition) is 5. The fraction of sp³-hybridized carbons (Fsp3) is 0.348. The number of likely N-dealkylation sites (N-methyl/N-ethyl adjacent to an activating group) is 1. The van der Waals surface area contributed by atoms with Crippen molar-refractivity contribution in [3.05, 3.63) is 42.1 Å². The van der Waals surface area contributed by atoms with Crippen LogP contribution in [0, 0.1) is 0 Å². The van der Waals surface area contributed by atoms with Gasteiger partial charge in [-0.1, -0.05) is 0 Å². The summed E-state index contributed by atoms with van der Waals surface area (Å²) in [5.74, 6) is 3.23. The molecule has 0 fully saturated rings. The molecule has 7 heteroatoms. The molecule has 0 saturated carbocycles. The van der Waals surface area contributed by atoms with Crippen LogP contribution in [0.15, 0.2) is 36.5 Å². The lowest BCUT2D eigenvalue weighted by Crippen LogP contribution is -3.00. The molecule has 0 saturated heterocycles. The molecule has 3 aromatic rings. The lowest BCUT2D eigenvalue weighted by atomic mass is 9.95. The fourth-order valence-electron chi connectivity index (χ4n) is 4.04. The molecule has 0 radical (unpaired) electrons. The van der Waals surface area contributed by atoms with E-state index in [0.717, 1.165) is 53.3 Å². The third kappa shape index (κ3) is 3.56. The zero-order valence-electron chi connectivity index (χ0n) is 17.4. The van der Waals surface area contributed by atoms with Gasteiger partial charge >= 0.3 is 0 Å². The van der Waals surface area contributed by atoms with Crippen LogP contribution in [0.4, 0.5) is 0 Å². The van der Waals surface area contributed by atoms with Gasteiger partial charge in [-0.05, 0) is 49.3 Å². The van der Waals surface area contributed by atoms with Crippen LogP contribution >= 0.6 is 0 Å². The van der Waals surface area contributed by atoms with Crippen LogP contribution in [0.2, 0.25) is 0 Å². The standard InChI is InChI=1S/C23H25N2O4.BrH/c1-24(2)8-9-27-23-18-13-25-7-6-16-11-21-22(29-14-28-21)12-17(16)19(25)10-15(18)4-5-20(23)26-3;/h4-5,10-13H,6-9,14H2,1-3H3;1H/q+1;/p-1. The number of benzene rings is 2. The molecule has 1 aromatic heterocycles. The zero-order valence-corrected chi connectivity index (χ0v) is 19.0. The van der Waals surface area contributed by atoms with Gasteiger partial charge in [-0.25, -0.2) is 0 Å². The van der Waals surface area contributed by atoms with E-state index in [1.165, 1.54) is 16.8 Å². The second-order valence-corrected chi connectivity index (χ2v) is 7.72. The molecule has 0 atom stereocenters. The average Bonchev–Trinajstić information content (AvgIpc) is 3.18. The highest BCUT2D eigenvalue weighted by Crippen LogP contribution is 2.41. The Morgan fingerprint density at radius 1 is 1.10 bits per heavy atom. The summed E-state index contributed by atoms with van der Waals surface area (Å²) in [6, 6.07) is 10.5. The van der Waals surface area contributed by atoms with Crippen molar-refractivity contribution >= 4 is 10.8 Å². The van der Waals surface area contributed by atoms with E-state index in [1.54, 1.807) is 7.11 Å². The summed E-state index contributed by atoms with van der Waals surface area (Å²) in [6.07, 6.45) is 3.14. The molecule has 2 aromatic carbocycles. The summed E-state index contributed by atoms with van der Waals surface area (Å²) in [5.41, 5.74) is 3.68. The van der Waals surface area contributed by atoms with Crippen LogP contribution < -0.4 is 40.5 Å². The maximum absolute atomic E-state index is 6.16. The van der Waals surface area contributed by atoms with Crippen molar-refractivity contribution in [3.8, 4) is 34.3 Å². The number of halogens is 1. The molecule has 6 nitrogen and oxygen atoms in total. The molecular weight excluding hydrogens is 448 g/mol. The van der Waals surface area contributed by atoms with Crippen LogP contribution in [0.5, 0.6) is 23.0 Å². The van der Waals surface area contributed by atoms with Crippen LogP contribution in [-0.2, 0) is 13.0 Å². The van der Waals surface area contributed by atoms with Gasteiger partial charge in [0, 0.05) is 19.0 Å².